The van der Waals surface area contributed by atoms with Crippen molar-refractivity contribution in [1.82, 2.24) is 9.03 Å². The maximum atomic E-state index is 12.3. The van der Waals surface area contributed by atoms with Gasteiger partial charge >= 0.3 is 7.12 Å². The standard InChI is InChI=1S/C16H27BN2O6S2/c1-15(2)16(3,4)25-17(24-15)13-7-9-14(10-8-13)27(22,23)18-11-12-26(20,21)19(5)6/h7-10,18H,11-12H2,1-6H3. The van der Waals surface area contributed by atoms with Crippen LogP contribution >= 0.6 is 0 Å². The van der Waals surface area contributed by atoms with E-state index in [0.29, 0.717) is 5.46 Å². The summed E-state index contributed by atoms with van der Waals surface area (Å²) in [5.41, 5.74) is -0.258. The number of benzene rings is 1. The van der Waals surface area contributed by atoms with E-state index in [2.05, 4.69) is 4.72 Å². The van der Waals surface area contributed by atoms with Gasteiger partial charge in [-0.2, -0.15) is 0 Å². The van der Waals surface area contributed by atoms with Crippen molar-refractivity contribution in [3.63, 3.8) is 0 Å². The van der Waals surface area contributed by atoms with Gasteiger partial charge in [0.2, 0.25) is 20.0 Å². The minimum absolute atomic E-state index is 0.0463. The Morgan fingerprint density at radius 2 is 1.44 bits per heavy atom. The van der Waals surface area contributed by atoms with E-state index in [4.69, 9.17) is 9.31 Å². The monoisotopic (exact) mass is 418 g/mol. The third-order valence-electron chi connectivity index (χ3n) is 4.92. The minimum Gasteiger partial charge on any atom is -0.399 e. The molecule has 11 heteroatoms. The highest BCUT2D eigenvalue weighted by atomic mass is 32.2. The minimum atomic E-state index is -3.81. The van der Waals surface area contributed by atoms with Crippen LogP contribution in [0.4, 0.5) is 0 Å². The summed E-state index contributed by atoms with van der Waals surface area (Å²) in [5, 5.41) is 0. The fourth-order valence-corrected chi connectivity index (χ4v) is 4.24. The molecule has 8 nitrogen and oxygen atoms in total. The predicted molar refractivity (Wildman–Crippen MR) is 105 cm³/mol. The molecule has 0 unspecified atom stereocenters. The van der Waals surface area contributed by atoms with Gasteiger partial charge in [0, 0.05) is 20.6 Å². The summed E-state index contributed by atoms with van der Waals surface area (Å²) in [6.45, 7) is 7.56. The lowest BCUT2D eigenvalue weighted by molar-refractivity contribution is 0.00578. The quantitative estimate of drug-likeness (QED) is 0.633. The van der Waals surface area contributed by atoms with Crippen LogP contribution in [0.25, 0.3) is 0 Å². The third-order valence-corrected chi connectivity index (χ3v) is 8.23. The molecule has 0 bridgehead atoms. The summed E-state index contributed by atoms with van der Waals surface area (Å²) in [4.78, 5) is 0.0463. The molecule has 1 aromatic rings. The second kappa shape index (κ2) is 7.45. The van der Waals surface area contributed by atoms with Crippen molar-refractivity contribution >= 4 is 32.6 Å². The van der Waals surface area contributed by atoms with E-state index in [-0.39, 0.29) is 17.2 Å². The van der Waals surface area contributed by atoms with Gasteiger partial charge < -0.3 is 9.31 Å². The van der Waals surface area contributed by atoms with Crippen molar-refractivity contribution < 1.29 is 26.1 Å². The van der Waals surface area contributed by atoms with Crippen LogP contribution in [-0.2, 0) is 29.4 Å². The van der Waals surface area contributed by atoms with Crippen molar-refractivity contribution in [3.05, 3.63) is 24.3 Å². The number of nitrogens with zero attached hydrogens (tertiary/aromatic N) is 1. The molecule has 0 radical (unpaired) electrons. The van der Waals surface area contributed by atoms with Crippen LogP contribution in [0, 0.1) is 0 Å². The van der Waals surface area contributed by atoms with E-state index < -0.39 is 38.4 Å². The molecule has 2 rings (SSSR count). The Morgan fingerprint density at radius 3 is 1.89 bits per heavy atom. The van der Waals surface area contributed by atoms with Crippen molar-refractivity contribution in [1.29, 1.82) is 0 Å². The van der Waals surface area contributed by atoms with Gasteiger partial charge in [0.25, 0.3) is 0 Å². The average molecular weight is 418 g/mol. The molecule has 0 spiro atoms. The number of nitrogens with one attached hydrogen (secondary N) is 1. The van der Waals surface area contributed by atoms with E-state index in [1.54, 1.807) is 12.1 Å². The number of sulfonamides is 2. The molecular formula is C16H27BN2O6S2. The highest BCUT2D eigenvalue weighted by molar-refractivity contribution is 7.90. The molecule has 0 aromatic heterocycles. The number of rotatable bonds is 7. The molecule has 0 atom stereocenters. The molecule has 152 valence electrons. The molecule has 1 saturated heterocycles. The van der Waals surface area contributed by atoms with Gasteiger partial charge in [-0.1, -0.05) is 12.1 Å². The summed E-state index contributed by atoms with van der Waals surface area (Å²) in [6.07, 6.45) is 0. The molecule has 1 aliphatic rings. The summed E-state index contributed by atoms with van der Waals surface area (Å²) in [5.74, 6) is -0.314. The summed E-state index contributed by atoms with van der Waals surface area (Å²) in [7, 11) is -5.05. The molecule has 1 fully saturated rings. The Kier molecular flexibility index (Phi) is 6.16. The van der Waals surface area contributed by atoms with Crippen molar-refractivity contribution in [2.45, 2.75) is 43.8 Å². The predicted octanol–water partition coefficient (Wildman–Crippen LogP) is 0.156. The molecule has 1 aromatic carbocycles. The molecule has 0 saturated carbocycles. The first-order valence-electron chi connectivity index (χ1n) is 8.53. The SMILES string of the molecule is CN(C)S(=O)(=O)CCNS(=O)(=O)c1ccc(B2OC(C)(C)C(C)(C)O2)cc1. The Hall–Kier alpha value is -0.975. The lowest BCUT2D eigenvalue weighted by Gasteiger charge is -2.32. The van der Waals surface area contributed by atoms with E-state index in [1.807, 2.05) is 27.7 Å². The molecule has 27 heavy (non-hydrogen) atoms. The average Bonchev–Trinajstić information content (AvgIpc) is 2.75. The van der Waals surface area contributed by atoms with Crippen molar-refractivity contribution in [3.8, 4) is 0 Å². The molecule has 0 aliphatic carbocycles. The van der Waals surface area contributed by atoms with Crippen LogP contribution < -0.4 is 10.2 Å². The van der Waals surface area contributed by atoms with Gasteiger partial charge in [-0.15, -0.1) is 0 Å². The zero-order chi connectivity index (χ0) is 20.7. The van der Waals surface area contributed by atoms with E-state index in [1.165, 1.54) is 26.2 Å². The van der Waals surface area contributed by atoms with Gasteiger partial charge in [-0.3, -0.25) is 0 Å². The Balaban J connectivity index is 2.06. The zero-order valence-electron chi connectivity index (χ0n) is 16.5. The Morgan fingerprint density at radius 1 is 0.963 bits per heavy atom. The fourth-order valence-electron chi connectivity index (χ4n) is 2.35. The Bertz CT molecular complexity index is 864. The fraction of sp³-hybridized carbons (Fsp3) is 0.625. The van der Waals surface area contributed by atoms with Gasteiger partial charge in [0.15, 0.2) is 0 Å². The van der Waals surface area contributed by atoms with Crippen LogP contribution in [0.5, 0.6) is 0 Å². The van der Waals surface area contributed by atoms with Crippen LogP contribution in [-0.4, -0.2) is 65.9 Å². The highest BCUT2D eigenvalue weighted by Gasteiger charge is 2.51. The lowest BCUT2D eigenvalue weighted by Crippen LogP contribution is -2.41. The normalized spacial score (nSPS) is 19.6. The summed E-state index contributed by atoms with van der Waals surface area (Å²) < 4.78 is 63.4. The van der Waals surface area contributed by atoms with Crippen LogP contribution in [0.1, 0.15) is 27.7 Å². The first-order chi connectivity index (χ1) is 12.2. The first-order valence-corrected chi connectivity index (χ1v) is 11.6. The highest BCUT2D eigenvalue weighted by Crippen LogP contribution is 2.36. The first kappa shape index (κ1) is 22.3. The topological polar surface area (TPSA) is 102 Å². The zero-order valence-corrected chi connectivity index (χ0v) is 18.1. The van der Waals surface area contributed by atoms with E-state index >= 15 is 0 Å². The second-order valence-corrected chi connectivity index (χ2v) is 11.7. The summed E-state index contributed by atoms with van der Waals surface area (Å²) >= 11 is 0. The third kappa shape index (κ3) is 4.90. The summed E-state index contributed by atoms with van der Waals surface area (Å²) in [6, 6.07) is 6.16. The molecule has 1 heterocycles. The molecule has 1 N–H and O–H groups in total. The second-order valence-electron chi connectivity index (χ2n) is 7.65. The van der Waals surface area contributed by atoms with Crippen LogP contribution in [0.15, 0.2) is 29.2 Å². The van der Waals surface area contributed by atoms with E-state index in [9.17, 15) is 16.8 Å². The van der Waals surface area contributed by atoms with Crippen LogP contribution in [0.3, 0.4) is 0 Å². The molecule has 1 aliphatic heterocycles. The maximum Gasteiger partial charge on any atom is 0.494 e. The maximum absolute atomic E-state index is 12.3. The largest absolute Gasteiger partial charge is 0.494 e. The molecule has 0 amide bonds. The lowest BCUT2D eigenvalue weighted by atomic mass is 9.79. The molecular weight excluding hydrogens is 391 g/mol. The Labute approximate surface area is 162 Å². The van der Waals surface area contributed by atoms with Gasteiger partial charge in [0.1, 0.15) is 0 Å². The van der Waals surface area contributed by atoms with Crippen LogP contribution in [0.2, 0.25) is 0 Å². The smallest absolute Gasteiger partial charge is 0.399 e. The number of hydrogen-bond acceptors (Lipinski definition) is 6. The van der Waals surface area contributed by atoms with Gasteiger partial charge in [0.05, 0.1) is 21.9 Å². The van der Waals surface area contributed by atoms with Crippen molar-refractivity contribution in [2.24, 2.45) is 0 Å². The van der Waals surface area contributed by atoms with Crippen molar-refractivity contribution in [2.75, 3.05) is 26.4 Å². The van der Waals surface area contributed by atoms with E-state index in [0.717, 1.165) is 4.31 Å². The number of hydrogen-bond donors (Lipinski definition) is 1. The van der Waals surface area contributed by atoms with Gasteiger partial charge in [-0.25, -0.2) is 25.9 Å². The van der Waals surface area contributed by atoms with Gasteiger partial charge in [-0.05, 0) is 45.3 Å².